The zero-order valence-electron chi connectivity index (χ0n) is 15.2. The lowest BCUT2D eigenvalue weighted by Crippen LogP contribution is -1.92. The monoisotopic (exact) mass is 383 g/mol. The number of hydrogen-bond donors (Lipinski definition) is 1. The molecule has 1 aromatic heterocycles. The van der Waals surface area contributed by atoms with E-state index in [1.165, 1.54) is 11.3 Å². The number of nitrogens with zero attached hydrogens (tertiary/aromatic N) is 2. The second-order valence-electron chi connectivity index (χ2n) is 6.11. The van der Waals surface area contributed by atoms with Gasteiger partial charge in [0.15, 0.2) is 0 Å². The number of hydrogen-bond acceptors (Lipinski definition) is 5. The van der Waals surface area contributed by atoms with Crippen molar-refractivity contribution in [3.63, 3.8) is 0 Å². The van der Waals surface area contributed by atoms with Gasteiger partial charge in [0.1, 0.15) is 22.4 Å². The van der Waals surface area contributed by atoms with Crippen molar-refractivity contribution in [1.29, 1.82) is 5.26 Å². The van der Waals surface area contributed by atoms with Crippen LogP contribution in [0, 0.1) is 11.3 Å². The molecular formula is C23H17N3OS. The molecule has 0 spiro atoms. The van der Waals surface area contributed by atoms with Crippen LogP contribution in [0.15, 0.2) is 78.3 Å². The number of allylic oxidation sites excluding steroid dienone is 1. The molecule has 4 nitrogen and oxygen atoms in total. The molecule has 5 heteroatoms. The molecule has 0 aliphatic rings. The van der Waals surface area contributed by atoms with Crippen LogP contribution in [0.4, 0.5) is 5.69 Å². The summed E-state index contributed by atoms with van der Waals surface area (Å²) in [7, 11) is 1.64. The minimum absolute atomic E-state index is 0.498. The Bertz CT molecular complexity index is 1180. The molecule has 136 valence electrons. The number of thiazole rings is 1. The van der Waals surface area contributed by atoms with Gasteiger partial charge in [-0.1, -0.05) is 36.4 Å². The first-order valence-corrected chi connectivity index (χ1v) is 9.61. The fourth-order valence-electron chi connectivity index (χ4n) is 2.93. The summed E-state index contributed by atoms with van der Waals surface area (Å²) in [5, 5.41) is 17.8. The third kappa shape index (κ3) is 3.59. The lowest BCUT2D eigenvalue weighted by molar-refractivity contribution is 0.415. The van der Waals surface area contributed by atoms with Crippen LogP contribution in [0.2, 0.25) is 0 Å². The van der Waals surface area contributed by atoms with E-state index in [0.29, 0.717) is 10.6 Å². The van der Waals surface area contributed by atoms with Crippen molar-refractivity contribution in [3.8, 4) is 23.1 Å². The molecule has 0 aliphatic carbocycles. The predicted molar refractivity (Wildman–Crippen MR) is 115 cm³/mol. The minimum atomic E-state index is 0.498. The third-order valence-electron chi connectivity index (χ3n) is 4.40. The summed E-state index contributed by atoms with van der Waals surface area (Å²) in [4.78, 5) is 4.63. The Labute approximate surface area is 167 Å². The number of anilines is 1. The minimum Gasteiger partial charge on any atom is -0.497 e. The molecule has 0 fully saturated rings. The summed E-state index contributed by atoms with van der Waals surface area (Å²) in [6.07, 6.45) is 1.72. The van der Waals surface area contributed by atoms with Gasteiger partial charge in [-0.25, -0.2) is 4.98 Å². The maximum absolute atomic E-state index is 9.61. The fourth-order valence-corrected chi connectivity index (χ4v) is 3.73. The highest BCUT2D eigenvalue weighted by Gasteiger charge is 2.09. The smallest absolute Gasteiger partial charge is 0.136 e. The van der Waals surface area contributed by atoms with E-state index in [4.69, 9.17) is 4.74 Å². The topological polar surface area (TPSA) is 57.9 Å². The molecule has 3 aromatic carbocycles. The molecule has 0 radical (unpaired) electrons. The van der Waals surface area contributed by atoms with Crippen molar-refractivity contribution in [2.45, 2.75) is 0 Å². The first kappa shape index (κ1) is 17.8. The van der Waals surface area contributed by atoms with Crippen LogP contribution < -0.4 is 10.1 Å². The van der Waals surface area contributed by atoms with Crippen LogP contribution in [-0.4, -0.2) is 12.1 Å². The summed E-state index contributed by atoms with van der Waals surface area (Å²) in [6.45, 7) is 0. The van der Waals surface area contributed by atoms with Crippen molar-refractivity contribution >= 4 is 33.4 Å². The van der Waals surface area contributed by atoms with Gasteiger partial charge in [-0.3, -0.25) is 0 Å². The van der Waals surface area contributed by atoms with Crippen molar-refractivity contribution in [2.75, 3.05) is 12.4 Å². The number of methoxy groups -OCH3 is 1. The van der Waals surface area contributed by atoms with Gasteiger partial charge in [0.05, 0.1) is 12.8 Å². The largest absolute Gasteiger partial charge is 0.497 e. The van der Waals surface area contributed by atoms with E-state index in [1.807, 2.05) is 53.9 Å². The maximum atomic E-state index is 9.61. The van der Waals surface area contributed by atoms with E-state index in [9.17, 15) is 5.26 Å². The summed E-state index contributed by atoms with van der Waals surface area (Å²) >= 11 is 1.45. The van der Waals surface area contributed by atoms with Crippen LogP contribution in [0.1, 0.15) is 5.01 Å². The van der Waals surface area contributed by atoms with Crippen LogP contribution >= 0.6 is 11.3 Å². The molecule has 1 heterocycles. The standard InChI is InChI=1S/C23H17N3OS/c1-27-19-11-9-17(10-12-19)22-15-28-23(26-22)18(13-24)14-25-21-8-4-6-16-5-2-3-7-20(16)21/h2-12,14-15,25H,1H3. The summed E-state index contributed by atoms with van der Waals surface area (Å²) in [5.74, 6) is 0.802. The van der Waals surface area contributed by atoms with E-state index in [0.717, 1.165) is 33.5 Å². The number of nitriles is 1. The van der Waals surface area contributed by atoms with Crippen LogP contribution in [0.3, 0.4) is 0 Å². The molecule has 4 aromatic rings. The van der Waals surface area contributed by atoms with Gasteiger partial charge in [-0.05, 0) is 35.7 Å². The number of rotatable bonds is 5. The Kier molecular flexibility index (Phi) is 5.05. The number of benzene rings is 3. The number of aromatic nitrogens is 1. The molecule has 0 atom stereocenters. The Hall–Kier alpha value is -3.62. The lowest BCUT2D eigenvalue weighted by Gasteiger charge is -2.06. The Morgan fingerprint density at radius 3 is 2.64 bits per heavy atom. The zero-order chi connectivity index (χ0) is 19.3. The van der Waals surface area contributed by atoms with Crippen molar-refractivity contribution < 1.29 is 4.74 Å². The van der Waals surface area contributed by atoms with E-state index < -0.39 is 0 Å². The van der Waals surface area contributed by atoms with Gasteiger partial charge in [0.25, 0.3) is 0 Å². The molecule has 4 rings (SSSR count). The fraction of sp³-hybridized carbons (Fsp3) is 0.0435. The maximum Gasteiger partial charge on any atom is 0.136 e. The van der Waals surface area contributed by atoms with Gasteiger partial charge < -0.3 is 10.1 Å². The summed E-state index contributed by atoms with van der Waals surface area (Å²) in [6, 6.07) is 24.2. The average molecular weight is 383 g/mol. The molecule has 0 unspecified atom stereocenters. The summed E-state index contributed by atoms with van der Waals surface area (Å²) in [5.41, 5.74) is 3.28. The second-order valence-corrected chi connectivity index (χ2v) is 6.97. The van der Waals surface area contributed by atoms with E-state index in [2.05, 4.69) is 34.6 Å². The van der Waals surface area contributed by atoms with E-state index in [-0.39, 0.29) is 0 Å². The van der Waals surface area contributed by atoms with Gasteiger partial charge in [-0.2, -0.15) is 5.26 Å². The van der Waals surface area contributed by atoms with Gasteiger partial charge >= 0.3 is 0 Å². The number of nitrogens with one attached hydrogen (secondary N) is 1. The van der Waals surface area contributed by atoms with Gasteiger partial charge in [0, 0.05) is 28.2 Å². The quantitative estimate of drug-likeness (QED) is 0.433. The third-order valence-corrected chi connectivity index (χ3v) is 5.28. The van der Waals surface area contributed by atoms with Crippen LogP contribution in [-0.2, 0) is 0 Å². The molecule has 28 heavy (non-hydrogen) atoms. The average Bonchev–Trinajstić information content (AvgIpc) is 3.24. The second kappa shape index (κ2) is 7.95. The van der Waals surface area contributed by atoms with Crippen molar-refractivity contribution in [3.05, 3.63) is 83.3 Å². The molecular weight excluding hydrogens is 366 g/mol. The van der Waals surface area contributed by atoms with E-state index >= 15 is 0 Å². The Balaban J connectivity index is 1.60. The highest BCUT2D eigenvalue weighted by atomic mass is 32.1. The van der Waals surface area contributed by atoms with Crippen molar-refractivity contribution in [2.24, 2.45) is 0 Å². The van der Waals surface area contributed by atoms with Gasteiger partial charge in [0.2, 0.25) is 0 Å². The number of ether oxygens (including phenoxy) is 1. The zero-order valence-corrected chi connectivity index (χ0v) is 16.0. The predicted octanol–water partition coefficient (Wildman–Crippen LogP) is 5.95. The molecule has 0 saturated heterocycles. The van der Waals surface area contributed by atoms with E-state index in [1.54, 1.807) is 13.3 Å². The number of fused-ring (bicyclic) bond motifs is 1. The van der Waals surface area contributed by atoms with Crippen molar-refractivity contribution in [1.82, 2.24) is 4.98 Å². The van der Waals surface area contributed by atoms with Gasteiger partial charge in [-0.15, -0.1) is 11.3 Å². The molecule has 1 N–H and O–H groups in total. The Morgan fingerprint density at radius 1 is 1.07 bits per heavy atom. The highest BCUT2D eigenvalue weighted by Crippen LogP contribution is 2.28. The molecule has 0 saturated carbocycles. The molecule has 0 bridgehead atoms. The Morgan fingerprint density at radius 2 is 1.86 bits per heavy atom. The molecule has 0 aliphatic heterocycles. The first-order chi connectivity index (χ1) is 13.8. The highest BCUT2D eigenvalue weighted by molar-refractivity contribution is 7.11. The molecule has 0 amide bonds. The first-order valence-electron chi connectivity index (χ1n) is 8.73. The van der Waals surface area contributed by atoms with Crippen LogP contribution in [0.5, 0.6) is 5.75 Å². The normalized spacial score (nSPS) is 11.2. The summed E-state index contributed by atoms with van der Waals surface area (Å²) < 4.78 is 5.19. The lowest BCUT2D eigenvalue weighted by atomic mass is 10.1. The SMILES string of the molecule is COc1ccc(-c2csc(C(C#N)=CNc3cccc4ccccc34)n2)cc1. The van der Waals surface area contributed by atoms with Crippen LogP contribution in [0.25, 0.3) is 27.6 Å².